The highest BCUT2D eigenvalue weighted by Gasteiger charge is 2.40. The number of esters is 1. The fourth-order valence-corrected chi connectivity index (χ4v) is 2.26. The monoisotopic (exact) mass is 227 g/mol. The maximum atomic E-state index is 12.0. The number of carbonyl (C=O) groups is 1. The largest absolute Gasteiger partial charge is 0.459 e. The van der Waals surface area contributed by atoms with Gasteiger partial charge in [0.2, 0.25) is 0 Å². The van der Waals surface area contributed by atoms with E-state index in [9.17, 15) is 4.79 Å². The van der Waals surface area contributed by atoms with Crippen LogP contribution in [0.2, 0.25) is 0 Å². The smallest absolute Gasteiger partial charge is 0.326 e. The molecule has 0 heterocycles. The Balaban J connectivity index is 2.64. The lowest BCUT2D eigenvalue weighted by Gasteiger charge is -2.36. The standard InChI is InChI=1S/C13H25NO2/c1-12(2,3)16-11(15)13(4,14)10-8-6-5-7-9-10/h10H,5-9,14H2,1-4H3. The molecule has 94 valence electrons. The quantitative estimate of drug-likeness (QED) is 0.738. The van der Waals surface area contributed by atoms with Gasteiger partial charge in [0.25, 0.3) is 0 Å². The molecule has 1 atom stereocenters. The first kappa shape index (κ1) is 13.5. The topological polar surface area (TPSA) is 52.3 Å². The average molecular weight is 227 g/mol. The summed E-state index contributed by atoms with van der Waals surface area (Å²) in [4.78, 5) is 12.0. The molecule has 1 rings (SSSR count). The average Bonchev–Trinajstić information content (AvgIpc) is 2.16. The van der Waals surface area contributed by atoms with E-state index in [1.54, 1.807) is 0 Å². The molecule has 0 aliphatic heterocycles. The highest BCUT2D eigenvalue weighted by molar-refractivity contribution is 5.80. The molecule has 0 aromatic carbocycles. The summed E-state index contributed by atoms with van der Waals surface area (Å²) in [5, 5.41) is 0. The number of hydrogen-bond acceptors (Lipinski definition) is 3. The van der Waals surface area contributed by atoms with Crippen LogP contribution in [0.1, 0.15) is 59.8 Å². The molecular formula is C13H25NO2. The second kappa shape index (κ2) is 4.74. The minimum Gasteiger partial charge on any atom is -0.459 e. The summed E-state index contributed by atoms with van der Waals surface area (Å²) in [6.07, 6.45) is 5.72. The maximum absolute atomic E-state index is 12.0. The van der Waals surface area contributed by atoms with E-state index in [-0.39, 0.29) is 11.9 Å². The van der Waals surface area contributed by atoms with Gasteiger partial charge in [-0.05, 0) is 46.5 Å². The lowest BCUT2D eigenvalue weighted by atomic mass is 9.76. The molecule has 0 aromatic heterocycles. The van der Waals surface area contributed by atoms with Gasteiger partial charge in [0.05, 0.1) is 0 Å². The number of ether oxygens (including phenoxy) is 1. The third-order valence-corrected chi connectivity index (χ3v) is 3.29. The second-order valence-electron chi connectivity index (χ2n) is 6.12. The van der Waals surface area contributed by atoms with Crippen LogP contribution in [0.25, 0.3) is 0 Å². The normalized spacial score (nSPS) is 22.6. The van der Waals surface area contributed by atoms with Gasteiger partial charge >= 0.3 is 5.97 Å². The Morgan fingerprint density at radius 1 is 1.12 bits per heavy atom. The highest BCUT2D eigenvalue weighted by atomic mass is 16.6. The number of nitrogens with two attached hydrogens (primary N) is 1. The molecule has 1 aliphatic carbocycles. The molecule has 1 fully saturated rings. The molecule has 1 aliphatic rings. The van der Waals surface area contributed by atoms with E-state index in [2.05, 4.69) is 0 Å². The van der Waals surface area contributed by atoms with Crippen LogP contribution in [0.5, 0.6) is 0 Å². The van der Waals surface area contributed by atoms with Gasteiger partial charge in [-0.2, -0.15) is 0 Å². The molecule has 0 bridgehead atoms. The van der Waals surface area contributed by atoms with Gasteiger partial charge in [0, 0.05) is 0 Å². The molecule has 16 heavy (non-hydrogen) atoms. The van der Waals surface area contributed by atoms with Crippen molar-refractivity contribution in [3.8, 4) is 0 Å². The zero-order chi connectivity index (χ0) is 12.4. The molecule has 0 spiro atoms. The number of rotatable bonds is 2. The van der Waals surface area contributed by atoms with Gasteiger partial charge < -0.3 is 10.5 Å². The lowest BCUT2D eigenvalue weighted by Crippen LogP contribution is -2.54. The van der Waals surface area contributed by atoms with Crippen LogP contribution in [-0.2, 0) is 9.53 Å². The molecule has 0 saturated heterocycles. The number of carbonyl (C=O) groups excluding carboxylic acids is 1. The minimum absolute atomic E-state index is 0.257. The summed E-state index contributed by atoms with van der Waals surface area (Å²) in [7, 11) is 0. The molecule has 3 heteroatoms. The van der Waals surface area contributed by atoms with E-state index in [0.717, 1.165) is 12.8 Å². The molecule has 0 radical (unpaired) electrons. The lowest BCUT2D eigenvalue weighted by molar-refractivity contribution is -0.163. The molecule has 1 unspecified atom stereocenters. The van der Waals surface area contributed by atoms with E-state index in [1.807, 2.05) is 27.7 Å². The van der Waals surface area contributed by atoms with Crippen molar-refractivity contribution in [2.75, 3.05) is 0 Å². The Hall–Kier alpha value is -0.570. The first-order chi connectivity index (χ1) is 7.23. The fraction of sp³-hybridized carbons (Fsp3) is 0.923. The van der Waals surface area contributed by atoms with Crippen molar-refractivity contribution in [1.82, 2.24) is 0 Å². The summed E-state index contributed by atoms with van der Waals surface area (Å²) < 4.78 is 5.39. The van der Waals surface area contributed by atoms with Crippen molar-refractivity contribution in [3.05, 3.63) is 0 Å². The van der Waals surface area contributed by atoms with E-state index >= 15 is 0 Å². The van der Waals surface area contributed by atoms with Crippen molar-refractivity contribution >= 4 is 5.97 Å². The van der Waals surface area contributed by atoms with Gasteiger partial charge in [0.15, 0.2) is 0 Å². The molecule has 3 nitrogen and oxygen atoms in total. The first-order valence-corrected chi connectivity index (χ1v) is 6.26. The van der Waals surface area contributed by atoms with Crippen molar-refractivity contribution in [2.24, 2.45) is 11.7 Å². The Kier molecular flexibility index (Phi) is 4.00. The molecule has 0 amide bonds. The summed E-state index contributed by atoms with van der Waals surface area (Å²) in [5.41, 5.74) is 4.89. The van der Waals surface area contributed by atoms with Crippen molar-refractivity contribution < 1.29 is 9.53 Å². The molecule has 0 aromatic rings. The molecule has 1 saturated carbocycles. The van der Waals surface area contributed by atoms with E-state index in [1.165, 1.54) is 19.3 Å². The molecular weight excluding hydrogens is 202 g/mol. The van der Waals surface area contributed by atoms with Crippen LogP contribution in [0.4, 0.5) is 0 Å². The van der Waals surface area contributed by atoms with Crippen LogP contribution in [-0.4, -0.2) is 17.1 Å². The van der Waals surface area contributed by atoms with E-state index < -0.39 is 11.1 Å². The van der Waals surface area contributed by atoms with Crippen LogP contribution in [0, 0.1) is 5.92 Å². The predicted molar refractivity (Wildman–Crippen MR) is 65.0 cm³/mol. The summed E-state index contributed by atoms with van der Waals surface area (Å²) in [5.74, 6) is 0.0167. The second-order valence-corrected chi connectivity index (χ2v) is 6.12. The van der Waals surface area contributed by atoms with Gasteiger partial charge in [-0.15, -0.1) is 0 Å². The van der Waals surface area contributed by atoms with Crippen LogP contribution < -0.4 is 5.73 Å². The SMILES string of the molecule is CC(C)(C)OC(=O)C(C)(N)C1CCCCC1. The van der Waals surface area contributed by atoms with Crippen LogP contribution in [0.15, 0.2) is 0 Å². The van der Waals surface area contributed by atoms with E-state index in [4.69, 9.17) is 10.5 Å². The Bertz CT molecular complexity index is 247. The van der Waals surface area contributed by atoms with Crippen LogP contribution in [0.3, 0.4) is 0 Å². The predicted octanol–water partition coefficient (Wildman–Crippen LogP) is 2.63. The van der Waals surface area contributed by atoms with Gasteiger partial charge in [-0.1, -0.05) is 19.3 Å². The zero-order valence-electron chi connectivity index (χ0n) is 11.0. The van der Waals surface area contributed by atoms with Crippen molar-refractivity contribution in [1.29, 1.82) is 0 Å². The Labute approximate surface area is 98.7 Å². The fourth-order valence-electron chi connectivity index (χ4n) is 2.26. The Morgan fingerprint density at radius 2 is 1.62 bits per heavy atom. The van der Waals surface area contributed by atoms with Gasteiger partial charge in [-0.25, -0.2) is 0 Å². The van der Waals surface area contributed by atoms with Gasteiger partial charge in [-0.3, -0.25) is 4.79 Å². The first-order valence-electron chi connectivity index (χ1n) is 6.26. The van der Waals surface area contributed by atoms with Gasteiger partial charge in [0.1, 0.15) is 11.1 Å². The summed E-state index contributed by atoms with van der Waals surface area (Å²) in [6, 6.07) is 0. The molecule has 2 N–H and O–H groups in total. The third-order valence-electron chi connectivity index (χ3n) is 3.29. The third kappa shape index (κ3) is 3.48. The van der Waals surface area contributed by atoms with E-state index in [0.29, 0.717) is 0 Å². The Morgan fingerprint density at radius 3 is 2.06 bits per heavy atom. The highest BCUT2D eigenvalue weighted by Crippen LogP contribution is 2.32. The summed E-state index contributed by atoms with van der Waals surface area (Å²) >= 11 is 0. The maximum Gasteiger partial charge on any atom is 0.326 e. The van der Waals surface area contributed by atoms with Crippen molar-refractivity contribution in [2.45, 2.75) is 70.9 Å². The zero-order valence-corrected chi connectivity index (χ0v) is 11.0. The van der Waals surface area contributed by atoms with Crippen molar-refractivity contribution in [3.63, 3.8) is 0 Å². The summed E-state index contributed by atoms with van der Waals surface area (Å²) in [6.45, 7) is 7.45. The number of hydrogen-bond donors (Lipinski definition) is 1. The minimum atomic E-state index is -0.826. The van der Waals surface area contributed by atoms with Crippen LogP contribution >= 0.6 is 0 Å².